The van der Waals surface area contributed by atoms with Gasteiger partial charge in [-0.1, -0.05) is 39.0 Å². The molecule has 0 saturated heterocycles. The largest absolute Gasteiger partial charge is 0.385 e. The Labute approximate surface area is 205 Å². The normalized spacial score (nSPS) is 11.6. The molecule has 0 bridgehead atoms. The van der Waals surface area contributed by atoms with Crippen molar-refractivity contribution in [3.63, 3.8) is 0 Å². The van der Waals surface area contributed by atoms with Crippen LogP contribution in [0.25, 0.3) is 10.9 Å². The van der Waals surface area contributed by atoms with E-state index in [1.807, 2.05) is 33.0 Å². The summed E-state index contributed by atoms with van der Waals surface area (Å²) >= 11 is 0. The van der Waals surface area contributed by atoms with E-state index in [2.05, 4.69) is 72.4 Å². The van der Waals surface area contributed by atoms with Gasteiger partial charge in [0, 0.05) is 47.3 Å². The molecule has 0 saturated carbocycles. The first kappa shape index (κ1) is 27.1. The van der Waals surface area contributed by atoms with Crippen LogP contribution in [0.4, 0.5) is 5.69 Å². The van der Waals surface area contributed by atoms with Crippen molar-refractivity contribution in [2.75, 3.05) is 18.9 Å². The predicted molar refractivity (Wildman–Crippen MR) is 143 cm³/mol. The molecule has 0 radical (unpaired) electrons. The van der Waals surface area contributed by atoms with E-state index < -0.39 is 0 Å². The monoisotopic (exact) mass is 460 g/mol. The summed E-state index contributed by atoms with van der Waals surface area (Å²) < 4.78 is 2.45. The maximum Gasteiger partial charge on any atom is 0.122 e. The van der Waals surface area contributed by atoms with E-state index in [9.17, 15) is 10.1 Å². The Morgan fingerprint density at radius 3 is 2.44 bits per heavy atom. The lowest BCUT2D eigenvalue weighted by molar-refractivity contribution is -0.110. The van der Waals surface area contributed by atoms with Crippen molar-refractivity contribution in [1.29, 1.82) is 5.26 Å². The first-order valence-corrected chi connectivity index (χ1v) is 12.4. The number of aromatic nitrogens is 1. The number of aldehydes is 1. The van der Waals surface area contributed by atoms with Crippen LogP contribution < -0.4 is 10.6 Å². The van der Waals surface area contributed by atoms with Gasteiger partial charge in [-0.3, -0.25) is 0 Å². The van der Waals surface area contributed by atoms with Gasteiger partial charge >= 0.3 is 0 Å². The highest BCUT2D eigenvalue weighted by atomic mass is 16.1. The molecule has 0 amide bonds. The standard InChI is InChI=1S/C25H32N4.C4H8O/c1-5-21(27-4)12-14-24-18(3)22-15-19(16-26)11-13-25(22)29(24)17-20-9-7-8-10-23(20)28-6-2;1-4(2)3-5/h7-11,13,15,21,27-28H,5-6,12,14,17H2,1-4H3;3-4H,1-2H3. The van der Waals surface area contributed by atoms with Crippen LogP contribution in [0.15, 0.2) is 42.5 Å². The number of anilines is 1. The third-order valence-corrected chi connectivity index (χ3v) is 6.20. The molecule has 1 aromatic heterocycles. The van der Waals surface area contributed by atoms with E-state index in [1.165, 1.54) is 33.4 Å². The van der Waals surface area contributed by atoms with Crippen LogP contribution in [0.1, 0.15) is 62.9 Å². The summed E-state index contributed by atoms with van der Waals surface area (Å²) in [5.74, 6) is 0.204. The summed E-state index contributed by atoms with van der Waals surface area (Å²) in [6.45, 7) is 12.0. The molecular formula is C29H40N4O. The highest BCUT2D eigenvalue weighted by Crippen LogP contribution is 2.30. The number of carbonyl (C=O) groups is 1. The minimum Gasteiger partial charge on any atom is -0.385 e. The van der Waals surface area contributed by atoms with Crippen LogP contribution in [-0.2, 0) is 17.8 Å². The summed E-state index contributed by atoms with van der Waals surface area (Å²) in [6.07, 6.45) is 4.16. The highest BCUT2D eigenvalue weighted by Gasteiger charge is 2.17. The molecule has 2 N–H and O–H groups in total. The zero-order valence-corrected chi connectivity index (χ0v) is 21.6. The van der Waals surface area contributed by atoms with Gasteiger partial charge in [0.2, 0.25) is 0 Å². The second-order valence-electron chi connectivity index (χ2n) is 9.00. The molecule has 1 heterocycles. The topological polar surface area (TPSA) is 69.8 Å². The average Bonchev–Trinajstić information content (AvgIpc) is 3.11. The van der Waals surface area contributed by atoms with Crippen LogP contribution in [0.5, 0.6) is 0 Å². The zero-order valence-electron chi connectivity index (χ0n) is 21.6. The van der Waals surface area contributed by atoms with Gasteiger partial charge in [-0.2, -0.15) is 5.26 Å². The number of hydrogen-bond acceptors (Lipinski definition) is 4. The van der Waals surface area contributed by atoms with Gasteiger partial charge in [0.1, 0.15) is 6.29 Å². The Hall–Kier alpha value is -3.10. The lowest BCUT2D eigenvalue weighted by atomic mass is 10.0. The van der Waals surface area contributed by atoms with Crippen molar-refractivity contribution in [3.8, 4) is 6.07 Å². The molecule has 1 unspecified atom stereocenters. The molecule has 34 heavy (non-hydrogen) atoms. The fourth-order valence-electron chi connectivity index (χ4n) is 4.20. The molecule has 3 aromatic rings. The molecule has 0 aliphatic rings. The van der Waals surface area contributed by atoms with E-state index in [0.29, 0.717) is 6.04 Å². The van der Waals surface area contributed by atoms with E-state index in [1.54, 1.807) is 0 Å². The summed E-state index contributed by atoms with van der Waals surface area (Å²) in [6, 6.07) is 17.4. The fraction of sp³-hybridized carbons (Fsp3) is 0.448. The Morgan fingerprint density at radius 2 is 1.85 bits per heavy atom. The molecule has 0 spiro atoms. The van der Waals surface area contributed by atoms with Crippen molar-refractivity contribution in [2.24, 2.45) is 5.92 Å². The van der Waals surface area contributed by atoms with Crippen molar-refractivity contribution < 1.29 is 4.79 Å². The van der Waals surface area contributed by atoms with Crippen LogP contribution in [0.2, 0.25) is 0 Å². The Morgan fingerprint density at radius 1 is 1.15 bits per heavy atom. The lowest BCUT2D eigenvalue weighted by Gasteiger charge is -2.18. The highest BCUT2D eigenvalue weighted by molar-refractivity contribution is 5.86. The van der Waals surface area contributed by atoms with Crippen molar-refractivity contribution in [3.05, 3.63) is 64.8 Å². The maximum atomic E-state index is 9.50. The fourth-order valence-corrected chi connectivity index (χ4v) is 4.20. The zero-order chi connectivity index (χ0) is 25.1. The van der Waals surface area contributed by atoms with Crippen LogP contribution >= 0.6 is 0 Å². The number of benzene rings is 2. The lowest BCUT2D eigenvalue weighted by Crippen LogP contribution is -2.25. The van der Waals surface area contributed by atoms with Gasteiger partial charge in [-0.25, -0.2) is 0 Å². The smallest absolute Gasteiger partial charge is 0.122 e. The third kappa shape index (κ3) is 6.95. The van der Waals surface area contributed by atoms with E-state index in [-0.39, 0.29) is 5.92 Å². The molecule has 3 rings (SSSR count). The van der Waals surface area contributed by atoms with Crippen molar-refractivity contribution in [2.45, 2.75) is 66.5 Å². The van der Waals surface area contributed by atoms with Gasteiger partial charge in [0.15, 0.2) is 0 Å². The molecule has 0 aliphatic heterocycles. The molecule has 5 heteroatoms. The molecule has 182 valence electrons. The van der Waals surface area contributed by atoms with Crippen LogP contribution in [-0.4, -0.2) is 30.5 Å². The number of hydrogen-bond donors (Lipinski definition) is 2. The van der Waals surface area contributed by atoms with Gasteiger partial charge in [0.25, 0.3) is 0 Å². The molecular weight excluding hydrogens is 420 g/mol. The minimum atomic E-state index is 0.204. The van der Waals surface area contributed by atoms with E-state index in [0.717, 1.165) is 44.2 Å². The van der Waals surface area contributed by atoms with Crippen LogP contribution in [0.3, 0.4) is 0 Å². The number of para-hydroxylation sites is 1. The van der Waals surface area contributed by atoms with E-state index >= 15 is 0 Å². The van der Waals surface area contributed by atoms with Gasteiger partial charge in [-0.05, 0) is 75.5 Å². The SMILES string of the molecule is CC(C)C=O.CCNc1ccccc1Cn1c(CCC(CC)NC)c(C)c2cc(C#N)ccc21. The second-order valence-corrected chi connectivity index (χ2v) is 9.00. The average molecular weight is 461 g/mol. The number of carbonyl (C=O) groups excluding carboxylic acids is 1. The number of nitrogens with zero attached hydrogens (tertiary/aromatic N) is 2. The molecule has 0 fully saturated rings. The Balaban J connectivity index is 0.000000739. The van der Waals surface area contributed by atoms with Crippen LogP contribution in [0, 0.1) is 24.2 Å². The number of aryl methyl sites for hydroxylation is 1. The Bertz CT molecular complexity index is 1100. The van der Waals surface area contributed by atoms with Gasteiger partial charge < -0.3 is 20.0 Å². The quantitative estimate of drug-likeness (QED) is 0.360. The minimum absolute atomic E-state index is 0.204. The third-order valence-electron chi connectivity index (χ3n) is 6.20. The molecule has 2 aromatic carbocycles. The van der Waals surface area contributed by atoms with E-state index in [4.69, 9.17) is 0 Å². The van der Waals surface area contributed by atoms with Gasteiger partial charge in [0.05, 0.1) is 11.6 Å². The summed E-state index contributed by atoms with van der Waals surface area (Å²) in [4.78, 5) is 9.50. The first-order chi connectivity index (χ1) is 16.4. The van der Waals surface area contributed by atoms with Gasteiger partial charge in [-0.15, -0.1) is 0 Å². The van der Waals surface area contributed by atoms with Crippen molar-refractivity contribution in [1.82, 2.24) is 9.88 Å². The molecule has 0 aliphatic carbocycles. The molecule has 5 nitrogen and oxygen atoms in total. The van der Waals surface area contributed by atoms with Crippen molar-refractivity contribution >= 4 is 22.9 Å². The predicted octanol–water partition coefficient (Wildman–Crippen LogP) is 6.07. The number of nitrogens with one attached hydrogen (secondary N) is 2. The maximum absolute atomic E-state index is 9.50. The first-order valence-electron chi connectivity index (χ1n) is 12.4. The molecule has 1 atom stereocenters. The summed E-state index contributed by atoms with van der Waals surface area (Å²) in [5, 5.41) is 17.5. The summed E-state index contributed by atoms with van der Waals surface area (Å²) in [7, 11) is 2.04. The Kier molecular flexibility index (Phi) is 10.8. The summed E-state index contributed by atoms with van der Waals surface area (Å²) in [5.41, 5.74) is 7.08. The number of nitriles is 1. The number of rotatable bonds is 10. The number of fused-ring (bicyclic) bond motifs is 1. The second kappa shape index (κ2) is 13.6.